The molecule has 0 atom stereocenters. The molecule has 0 aromatic heterocycles. The van der Waals surface area contributed by atoms with E-state index in [1.807, 2.05) is 35.1 Å². The van der Waals surface area contributed by atoms with E-state index in [1.54, 1.807) is 10.8 Å². The summed E-state index contributed by atoms with van der Waals surface area (Å²) in [6, 6.07) is 16.2. The van der Waals surface area contributed by atoms with Crippen molar-refractivity contribution in [1.29, 1.82) is 0 Å². The Hall–Kier alpha value is -1.52. The Labute approximate surface area is 120 Å². The molecule has 0 fully saturated rings. The minimum absolute atomic E-state index is 0.147. The van der Waals surface area contributed by atoms with Gasteiger partial charge >= 0.3 is 0 Å². The summed E-state index contributed by atoms with van der Waals surface area (Å²) in [5.74, 6) is 0. The third-order valence-electron chi connectivity index (χ3n) is 3.22. The number of rotatable bonds is 2. The molecule has 0 aliphatic carbocycles. The van der Waals surface area contributed by atoms with Crippen LogP contribution in [0.4, 0.5) is 11.4 Å². The lowest BCUT2D eigenvalue weighted by Gasteiger charge is -2.27. The first-order valence-electron chi connectivity index (χ1n) is 5.95. The van der Waals surface area contributed by atoms with Crippen molar-refractivity contribution in [3.63, 3.8) is 0 Å². The van der Waals surface area contributed by atoms with Crippen molar-refractivity contribution in [2.75, 3.05) is 11.5 Å². The Bertz CT molecular complexity index is 558. The second-order valence-corrected chi connectivity index (χ2v) is 6.81. The summed E-state index contributed by atoms with van der Waals surface area (Å²) in [6.45, 7) is 0. The fourth-order valence-electron chi connectivity index (χ4n) is 2.17. The van der Waals surface area contributed by atoms with Gasteiger partial charge in [-0.1, -0.05) is 51.9 Å². The first-order chi connectivity index (χ1) is 9.21. The van der Waals surface area contributed by atoms with Crippen molar-refractivity contribution in [3.8, 4) is 0 Å². The smallest absolute Gasteiger partial charge is 0.0952 e. The van der Waals surface area contributed by atoms with Crippen molar-refractivity contribution < 1.29 is 0 Å². The van der Waals surface area contributed by atoms with Crippen LogP contribution in [0.1, 0.15) is 11.1 Å². The van der Waals surface area contributed by atoms with Gasteiger partial charge in [0, 0.05) is 11.4 Å². The van der Waals surface area contributed by atoms with Gasteiger partial charge in [0.05, 0.1) is 4.75 Å². The third kappa shape index (κ3) is 2.22. The number of hydrogen-bond acceptors (Lipinski definition) is 4. The molecule has 0 spiro atoms. The third-order valence-corrected chi connectivity index (χ3v) is 5.84. The zero-order valence-electron chi connectivity index (χ0n) is 10.2. The van der Waals surface area contributed by atoms with Crippen LogP contribution in [0.3, 0.4) is 0 Å². The Morgan fingerprint density at radius 1 is 0.737 bits per heavy atom. The highest BCUT2D eigenvalue weighted by Gasteiger charge is 2.35. The van der Waals surface area contributed by atoms with Crippen LogP contribution in [-0.2, 0) is 4.75 Å². The number of nitrogens with two attached hydrogens (primary N) is 2. The summed E-state index contributed by atoms with van der Waals surface area (Å²) in [5.41, 5.74) is 15.6. The van der Waals surface area contributed by atoms with Crippen LogP contribution in [0.15, 0.2) is 60.0 Å². The van der Waals surface area contributed by atoms with E-state index in [0.29, 0.717) is 0 Å². The highest BCUT2D eigenvalue weighted by atomic mass is 33.1. The number of nitrogen functional groups attached to an aromatic ring is 2. The molecule has 4 heteroatoms. The van der Waals surface area contributed by atoms with E-state index in [4.69, 9.17) is 11.5 Å². The highest BCUT2D eigenvalue weighted by molar-refractivity contribution is 8.78. The SMILES string of the molecule is Nc1ccc(C2(c3ccc(N)cc3)C=CSS2)cc1. The lowest BCUT2D eigenvalue weighted by Crippen LogP contribution is -2.18. The van der Waals surface area contributed by atoms with Crippen LogP contribution in [0, 0.1) is 0 Å². The zero-order valence-corrected chi connectivity index (χ0v) is 11.9. The molecule has 2 aromatic carbocycles. The Kier molecular flexibility index (Phi) is 3.21. The molecule has 0 amide bonds. The summed E-state index contributed by atoms with van der Waals surface area (Å²) in [5, 5.41) is 2.14. The Morgan fingerprint density at radius 2 is 1.21 bits per heavy atom. The number of hydrogen-bond donors (Lipinski definition) is 2. The van der Waals surface area contributed by atoms with Crippen molar-refractivity contribution in [2.45, 2.75) is 4.75 Å². The normalized spacial score (nSPS) is 16.6. The molecule has 0 saturated heterocycles. The molecule has 1 aliphatic heterocycles. The van der Waals surface area contributed by atoms with Crippen LogP contribution in [0.25, 0.3) is 0 Å². The molecule has 2 nitrogen and oxygen atoms in total. The summed E-state index contributed by atoms with van der Waals surface area (Å²) < 4.78 is -0.147. The number of benzene rings is 2. The molecule has 0 saturated carbocycles. The van der Waals surface area contributed by atoms with Gasteiger partial charge in [-0.3, -0.25) is 0 Å². The minimum Gasteiger partial charge on any atom is -0.399 e. The van der Waals surface area contributed by atoms with Crippen LogP contribution >= 0.6 is 21.6 Å². The number of anilines is 2. The van der Waals surface area contributed by atoms with Crippen molar-refractivity contribution in [1.82, 2.24) is 0 Å². The largest absolute Gasteiger partial charge is 0.399 e. The van der Waals surface area contributed by atoms with Crippen LogP contribution in [-0.4, -0.2) is 0 Å². The van der Waals surface area contributed by atoms with Gasteiger partial charge in [0.1, 0.15) is 0 Å². The molecule has 3 rings (SSSR count). The second-order valence-electron chi connectivity index (χ2n) is 4.46. The van der Waals surface area contributed by atoms with E-state index in [0.717, 1.165) is 11.4 Å². The fourth-order valence-corrected chi connectivity index (χ4v) is 4.85. The van der Waals surface area contributed by atoms with E-state index in [2.05, 4.69) is 35.7 Å². The van der Waals surface area contributed by atoms with Crippen LogP contribution in [0.2, 0.25) is 0 Å². The average Bonchev–Trinajstić information content (AvgIpc) is 2.91. The first kappa shape index (κ1) is 12.5. The van der Waals surface area contributed by atoms with Gasteiger partial charge in [-0.05, 0) is 40.8 Å². The van der Waals surface area contributed by atoms with E-state index in [9.17, 15) is 0 Å². The van der Waals surface area contributed by atoms with Crippen molar-refractivity contribution >= 4 is 33.0 Å². The maximum atomic E-state index is 5.78. The Balaban J connectivity index is 2.11. The minimum atomic E-state index is -0.147. The van der Waals surface area contributed by atoms with Gasteiger partial charge in [0.25, 0.3) is 0 Å². The average molecular weight is 286 g/mol. The van der Waals surface area contributed by atoms with Crippen molar-refractivity contribution in [2.24, 2.45) is 0 Å². The first-order valence-corrected chi connectivity index (χ1v) is 8.16. The molecule has 19 heavy (non-hydrogen) atoms. The van der Waals surface area contributed by atoms with Crippen LogP contribution < -0.4 is 11.5 Å². The van der Waals surface area contributed by atoms with Crippen molar-refractivity contribution in [3.05, 3.63) is 71.1 Å². The van der Waals surface area contributed by atoms with Gasteiger partial charge in [0.2, 0.25) is 0 Å². The molecule has 4 N–H and O–H groups in total. The second kappa shape index (κ2) is 4.87. The van der Waals surface area contributed by atoms with Gasteiger partial charge in [-0.25, -0.2) is 0 Å². The zero-order chi connectivity index (χ0) is 13.3. The summed E-state index contributed by atoms with van der Waals surface area (Å²) in [7, 11) is 3.58. The lowest BCUT2D eigenvalue weighted by atomic mass is 9.90. The standard InChI is InChI=1S/C15H14N2S2/c16-13-5-1-11(2-6-13)15(9-10-18-19-15)12-3-7-14(17)8-4-12/h1-10H,16-17H2. The molecular formula is C15H14N2S2. The molecule has 0 bridgehead atoms. The predicted molar refractivity (Wildman–Crippen MR) is 86.8 cm³/mol. The quantitative estimate of drug-likeness (QED) is 0.647. The summed E-state index contributed by atoms with van der Waals surface area (Å²) >= 11 is 0. The lowest BCUT2D eigenvalue weighted by molar-refractivity contribution is 0.953. The highest BCUT2D eigenvalue weighted by Crippen LogP contribution is 2.55. The molecular weight excluding hydrogens is 272 g/mol. The molecule has 1 aliphatic rings. The van der Waals surface area contributed by atoms with E-state index < -0.39 is 0 Å². The van der Waals surface area contributed by atoms with E-state index in [-0.39, 0.29) is 4.75 Å². The van der Waals surface area contributed by atoms with E-state index in [1.165, 1.54) is 11.1 Å². The van der Waals surface area contributed by atoms with E-state index >= 15 is 0 Å². The van der Waals surface area contributed by atoms with Gasteiger partial charge < -0.3 is 11.5 Å². The Morgan fingerprint density at radius 3 is 1.58 bits per heavy atom. The molecule has 0 radical (unpaired) electrons. The molecule has 96 valence electrons. The predicted octanol–water partition coefficient (Wildman–Crippen LogP) is 4.00. The monoisotopic (exact) mass is 286 g/mol. The molecule has 2 aromatic rings. The maximum Gasteiger partial charge on any atom is 0.0952 e. The summed E-state index contributed by atoms with van der Waals surface area (Å²) in [4.78, 5) is 0. The topological polar surface area (TPSA) is 52.0 Å². The van der Waals surface area contributed by atoms with Gasteiger partial charge in [-0.2, -0.15) is 0 Å². The molecule has 0 unspecified atom stereocenters. The van der Waals surface area contributed by atoms with Crippen LogP contribution in [0.5, 0.6) is 0 Å². The van der Waals surface area contributed by atoms with Gasteiger partial charge in [0.15, 0.2) is 0 Å². The fraction of sp³-hybridized carbons (Fsp3) is 0.0667. The maximum absolute atomic E-state index is 5.78. The molecule has 1 heterocycles. The van der Waals surface area contributed by atoms with Gasteiger partial charge in [-0.15, -0.1) is 0 Å². The summed E-state index contributed by atoms with van der Waals surface area (Å²) in [6.07, 6.45) is 2.24.